The number of piperidine rings is 1. The lowest BCUT2D eigenvalue weighted by molar-refractivity contribution is -0.121. The lowest BCUT2D eigenvalue weighted by Crippen LogP contribution is -2.35. The van der Waals surface area contributed by atoms with Gasteiger partial charge in [-0.15, -0.1) is 11.3 Å². The van der Waals surface area contributed by atoms with Crippen molar-refractivity contribution in [3.05, 3.63) is 21.9 Å². The fourth-order valence-electron chi connectivity index (χ4n) is 2.84. The fourth-order valence-corrected chi connectivity index (χ4v) is 3.67. The van der Waals surface area contributed by atoms with Gasteiger partial charge in [0.25, 0.3) is 0 Å². The molecule has 23 heavy (non-hydrogen) atoms. The Morgan fingerprint density at radius 3 is 2.65 bits per heavy atom. The van der Waals surface area contributed by atoms with Crippen molar-refractivity contribution in [2.24, 2.45) is 5.92 Å². The monoisotopic (exact) mass is 336 g/mol. The largest absolute Gasteiger partial charge is 0.356 e. The summed E-state index contributed by atoms with van der Waals surface area (Å²) in [6.45, 7) is 8.43. The molecular formula is C18H28N2O2S. The van der Waals surface area contributed by atoms with Crippen molar-refractivity contribution in [1.29, 1.82) is 0 Å². The zero-order valence-electron chi connectivity index (χ0n) is 14.3. The van der Waals surface area contributed by atoms with Crippen molar-refractivity contribution in [3.8, 4) is 0 Å². The van der Waals surface area contributed by atoms with Gasteiger partial charge in [0.1, 0.15) is 0 Å². The Balaban J connectivity index is 1.54. The van der Waals surface area contributed by atoms with E-state index < -0.39 is 0 Å². The summed E-state index contributed by atoms with van der Waals surface area (Å²) in [5.41, 5.74) is 0. The Morgan fingerprint density at radius 1 is 1.26 bits per heavy atom. The molecule has 1 aromatic heterocycles. The van der Waals surface area contributed by atoms with Crippen molar-refractivity contribution in [2.45, 2.75) is 46.0 Å². The summed E-state index contributed by atoms with van der Waals surface area (Å²) < 4.78 is 0. The molecule has 1 saturated heterocycles. The first kappa shape index (κ1) is 18.1. The van der Waals surface area contributed by atoms with Crippen LogP contribution in [0, 0.1) is 12.8 Å². The molecular weight excluding hydrogens is 308 g/mol. The molecule has 2 heterocycles. The number of aryl methyl sites for hydroxylation is 1. The number of rotatable bonds is 8. The molecule has 4 nitrogen and oxygen atoms in total. The SMILES string of the molecule is Cc1ccc(C(=O)CCC(=O)NCCCN2CCC(C)CC2)s1. The number of hydrogen-bond donors (Lipinski definition) is 1. The first-order valence-corrected chi connectivity index (χ1v) is 9.45. The highest BCUT2D eigenvalue weighted by Gasteiger charge is 2.15. The van der Waals surface area contributed by atoms with E-state index in [9.17, 15) is 9.59 Å². The molecule has 1 aromatic rings. The summed E-state index contributed by atoms with van der Waals surface area (Å²) in [6.07, 6.45) is 4.15. The number of nitrogens with one attached hydrogen (secondary N) is 1. The molecule has 0 bridgehead atoms. The van der Waals surface area contributed by atoms with E-state index in [4.69, 9.17) is 0 Å². The minimum Gasteiger partial charge on any atom is -0.356 e. The number of likely N-dealkylation sites (tertiary alicyclic amines) is 1. The van der Waals surface area contributed by atoms with E-state index in [2.05, 4.69) is 17.1 Å². The maximum Gasteiger partial charge on any atom is 0.220 e. The number of ketones is 1. The highest BCUT2D eigenvalue weighted by atomic mass is 32.1. The first-order valence-electron chi connectivity index (χ1n) is 8.63. The Morgan fingerprint density at radius 2 is 2.00 bits per heavy atom. The van der Waals surface area contributed by atoms with E-state index in [-0.39, 0.29) is 18.1 Å². The van der Waals surface area contributed by atoms with Gasteiger partial charge in [-0.1, -0.05) is 6.92 Å². The molecule has 0 spiro atoms. The number of hydrogen-bond acceptors (Lipinski definition) is 4. The van der Waals surface area contributed by atoms with Crippen molar-refractivity contribution < 1.29 is 9.59 Å². The summed E-state index contributed by atoms with van der Waals surface area (Å²) in [4.78, 5) is 28.1. The number of amides is 1. The zero-order chi connectivity index (χ0) is 16.7. The van der Waals surface area contributed by atoms with E-state index in [1.807, 2.05) is 19.1 Å². The molecule has 128 valence electrons. The van der Waals surface area contributed by atoms with Gasteiger partial charge in [-0.05, 0) is 63.9 Å². The lowest BCUT2D eigenvalue weighted by Gasteiger charge is -2.30. The maximum absolute atomic E-state index is 11.9. The summed E-state index contributed by atoms with van der Waals surface area (Å²) in [6, 6.07) is 3.79. The summed E-state index contributed by atoms with van der Waals surface area (Å²) >= 11 is 1.50. The molecule has 5 heteroatoms. The smallest absolute Gasteiger partial charge is 0.220 e. The van der Waals surface area contributed by atoms with Crippen LogP contribution in [0.5, 0.6) is 0 Å². The summed E-state index contributed by atoms with van der Waals surface area (Å²) in [5, 5.41) is 2.93. The molecule has 0 saturated carbocycles. The predicted octanol–water partition coefficient (Wildman–Crippen LogP) is 3.26. The lowest BCUT2D eigenvalue weighted by atomic mass is 9.99. The van der Waals surface area contributed by atoms with Crippen LogP contribution in [0.2, 0.25) is 0 Å². The van der Waals surface area contributed by atoms with Gasteiger partial charge in [0.05, 0.1) is 4.88 Å². The molecule has 0 aromatic carbocycles. The van der Waals surface area contributed by atoms with Gasteiger partial charge in [0.2, 0.25) is 5.91 Å². The van der Waals surface area contributed by atoms with Crippen molar-refractivity contribution in [1.82, 2.24) is 10.2 Å². The van der Waals surface area contributed by atoms with Gasteiger partial charge in [-0.25, -0.2) is 0 Å². The van der Waals surface area contributed by atoms with Crippen LogP contribution in [0.15, 0.2) is 12.1 Å². The Hall–Kier alpha value is -1.20. The molecule has 1 fully saturated rings. The molecule has 0 unspecified atom stereocenters. The average molecular weight is 337 g/mol. The Labute approximate surface area is 143 Å². The molecule has 1 N–H and O–H groups in total. The molecule has 0 radical (unpaired) electrons. The van der Waals surface area contributed by atoms with E-state index in [1.165, 1.54) is 37.3 Å². The van der Waals surface area contributed by atoms with E-state index in [0.29, 0.717) is 13.0 Å². The van der Waals surface area contributed by atoms with Crippen LogP contribution >= 0.6 is 11.3 Å². The molecule has 1 aliphatic heterocycles. The Kier molecular flexibility index (Phi) is 7.24. The second-order valence-corrected chi connectivity index (χ2v) is 7.85. The summed E-state index contributed by atoms with van der Waals surface area (Å²) in [7, 11) is 0. The molecule has 0 aliphatic carbocycles. The first-order chi connectivity index (χ1) is 11.0. The van der Waals surface area contributed by atoms with Crippen LogP contribution in [-0.4, -0.2) is 42.8 Å². The number of thiophene rings is 1. The third kappa shape index (κ3) is 6.43. The maximum atomic E-state index is 11.9. The van der Waals surface area contributed by atoms with Gasteiger partial charge in [-0.2, -0.15) is 0 Å². The van der Waals surface area contributed by atoms with Gasteiger partial charge in [0.15, 0.2) is 5.78 Å². The van der Waals surface area contributed by atoms with E-state index in [0.717, 1.165) is 28.6 Å². The van der Waals surface area contributed by atoms with E-state index in [1.54, 1.807) is 0 Å². The van der Waals surface area contributed by atoms with Gasteiger partial charge >= 0.3 is 0 Å². The van der Waals surface area contributed by atoms with Gasteiger partial charge < -0.3 is 10.2 Å². The second kappa shape index (κ2) is 9.18. The molecule has 1 aliphatic rings. The highest BCUT2D eigenvalue weighted by molar-refractivity contribution is 7.14. The highest BCUT2D eigenvalue weighted by Crippen LogP contribution is 2.17. The number of nitrogens with zero attached hydrogens (tertiary/aromatic N) is 1. The topological polar surface area (TPSA) is 49.4 Å². The predicted molar refractivity (Wildman–Crippen MR) is 95.1 cm³/mol. The van der Waals surface area contributed by atoms with Crippen molar-refractivity contribution >= 4 is 23.0 Å². The van der Waals surface area contributed by atoms with Crippen LogP contribution in [-0.2, 0) is 4.79 Å². The molecule has 1 amide bonds. The standard InChI is InChI=1S/C18H28N2O2S/c1-14-8-12-20(13-9-14)11-3-10-19-18(22)7-5-16(21)17-6-4-15(2)23-17/h4,6,14H,3,5,7-13H2,1-2H3,(H,19,22). The third-order valence-electron chi connectivity index (χ3n) is 4.44. The number of carbonyl (C=O) groups excluding carboxylic acids is 2. The van der Waals surface area contributed by atoms with Crippen LogP contribution in [0.25, 0.3) is 0 Å². The van der Waals surface area contributed by atoms with Crippen LogP contribution in [0.1, 0.15) is 53.6 Å². The van der Waals surface area contributed by atoms with Crippen LogP contribution in [0.4, 0.5) is 0 Å². The minimum atomic E-state index is -0.0149. The van der Waals surface area contributed by atoms with Crippen molar-refractivity contribution in [3.63, 3.8) is 0 Å². The molecule has 0 atom stereocenters. The minimum absolute atomic E-state index is 0.0149. The average Bonchev–Trinajstić information content (AvgIpc) is 2.97. The zero-order valence-corrected chi connectivity index (χ0v) is 15.1. The van der Waals surface area contributed by atoms with Gasteiger partial charge in [0, 0.05) is 24.3 Å². The molecule has 2 rings (SSSR count). The van der Waals surface area contributed by atoms with E-state index >= 15 is 0 Å². The Bertz CT molecular complexity index is 519. The normalized spacial score (nSPS) is 16.4. The number of Topliss-reactive ketones (excluding diaryl/α,β-unsaturated/α-hetero) is 1. The fraction of sp³-hybridized carbons (Fsp3) is 0.667. The summed E-state index contributed by atoms with van der Waals surface area (Å²) in [5.74, 6) is 0.912. The second-order valence-electron chi connectivity index (χ2n) is 6.56. The number of carbonyl (C=O) groups is 2. The van der Waals surface area contributed by atoms with Gasteiger partial charge in [-0.3, -0.25) is 9.59 Å². The van der Waals surface area contributed by atoms with Crippen LogP contribution in [0.3, 0.4) is 0 Å². The van der Waals surface area contributed by atoms with Crippen molar-refractivity contribution in [2.75, 3.05) is 26.2 Å². The van der Waals surface area contributed by atoms with Crippen LogP contribution < -0.4 is 5.32 Å². The third-order valence-corrected chi connectivity index (χ3v) is 5.49. The quantitative estimate of drug-likeness (QED) is 0.585.